The molecule has 0 amide bonds. The van der Waals surface area contributed by atoms with Crippen molar-refractivity contribution in [3.63, 3.8) is 0 Å². The van der Waals surface area contributed by atoms with Gasteiger partial charge in [0.05, 0.1) is 0 Å². The van der Waals surface area contributed by atoms with Gasteiger partial charge in [0.2, 0.25) is 0 Å². The van der Waals surface area contributed by atoms with E-state index in [0.29, 0.717) is 12.0 Å². The van der Waals surface area contributed by atoms with E-state index in [2.05, 4.69) is 6.92 Å². The van der Waals surface area contributed by atoms with Crippen LogP contribution < -0.4 is 0 Å². The van der Waals surface area contributed by atoms with Crippen LogP contribution in [0.1, 0.15) is 47.4 Å². The smallest absolute Gasteiger partial charge is 1.00 e. The van der Waals surface area contributed by atoms with Gasteiger partial charge in [0, 0.05) is 0 Å². The van der Waals surface area contributed by atoms with Crippen molar-refractivity contribution in [1.82, 2.24) is 0 Å². The van der Waals surface area contributed by atoms with Crippen LogP contribution in [0.15, 0.2) is 30.3 Å². The molecule has 108 valence electrons. The van der Waals surface area contributed by atoms with Crippen molar-refractivity contribution < 1.29 is 22.7 Å². The Hall–Kier alpha value is -1.07. The van der Waals surface area contributed by atoms with Gasteiger partial charge in [-0.05, 0) is 12.0 Å². The van der Waals surface area contributed by atoms with Gasteiger partial charge in [-0.15, -0.1) is 0 Å². The molecule has 0 fully saturated rings. The minimum absolute atomic E-state index is 0. The Morgan fingerprint density at radius 3 is 2.05 bits per heavy atom. The molecule has 1 aromatic carbocycles. The monoisotopic (exact) mass is 290 g/mol. The molecule has 0 aliphatic heterocycles. The van der Waals surface area contributed by atoms with Gasteiger partial charge in [0.25, 0.3) is 0 Å². The second-order valence-corrected chi connectivity index (χ2v) is 4.69. The van der Waals surface area contributed by atoms with Crippen LogP contribution in [-0.2, 0) is 15.0 Å². The third-order valence-corrected chi connectivity index (χ3v) is 3.40. The molecule has 2 N–H and O–H groups in total. The van der Waals surface area contributed by atoms with E-state index in [9.17, 15) is 19.8 Å². The second kappa shape index (κ2) is 8.97. The summed E-state index contributed by atoms with van der Waals surface area (Å²) in [4.78, 5) is 23.1. The van der Waals surface area contributed by atoms with Gasteiger partial charge in [-0.1, -0.05) is 62.9 Å². The van der Waals surface area contributed by atoms with Gasteiger partial charge >= 0.3 is 35.0 Å². The van der Waals surface area contributed by atoms with Gasteiger partial charge in [-0.25, -0.2) is 0 Å². The van der Waals surface area contributed by atoms with Crippen LogP contribution in [0.4, 0.5) is 0 Å². The van der Waals surface area contributed by atoms with Crippen molar-refractivity contribution in [3.8, 4) is 0 Å². The van der Waals surface area contributed by atoms with E-state index in [4.69, 9.17) is 0 Å². The summed E-state index contributed by atoms with van der Waals surface area (Å²) in [6, 6.07) is 8.23. The number of aliphatic carboxylic acids is 2. The molecule has 0 aromatic heterocycles. The maximum atomic E-state index is 11.5. The normalized spacial score (nSPS) is 10.7. The van der Waals surface area contributed by atoms with Crippen molar-refractivity contribution in [1.29, 1.82) is 0 Å². The number of rotatable bonds is 8. The first-order valence-corrected chi connectivity index (χ1v) is 6.58. The van der Waals surface area contributed by atoms with Crippen LogP contribution >= 0.6 is 0 Å². The fourth-order valence-electron chi connectivity index (χ4n) is 2.24. The summed E-state index contributed by atoms with van der Waals surface area (Å²) in [6.07, 6.45) is 3.59. The van der Waals surface area contributed by atoms with E-state index < -0.39 is 17.4 Å². The van der Waals surface area contributed by atoms with Crippen LogP contribution in [0, 0.1) is 0 Å². The van der Waals surface area contributed by atoms with Crippen molar-refractivity contribution in [2.24, 2.45) is 0 Å². The molecule has 0 bridgehead atoms. The minimum atomic E-state index is -1.82. The molecular formula is C15H22MgO4. The topological polar surface area (TPSA) is 74.6 Å². The molecule has 0 saturated heterocycles. The van der Waals surface area contributed by atoms with Crippen LogP contribution in [0.3, 0.4) is 0 Å². The molecule has 5 heteroatoms. The predicted molar refractivity (Wildman–Crippen MR) is 80.1 cm³/mol. The molecule has 0 saturated carbocycles. The number of carboxylic acids is 2. The number of carbonyl (C=O) groups is 2. The molecular weight excluding hydrogens is 268 g/mol. The van der Waals surface area contributed by atoms with E-state index in [1.165, 1.54) is 0 Å². The Kier molecular flexibility index (Phi) is 8.49. The predicted octanol–water partition coefficient (Wildman–Crippen LogP) is 2.91. The van der Waals surface area contributed by atoms with E-state index in [1.54, 1.807) is 30.3 Å². The summed E-state index contributed by atoms with van der Waals surface area (Å²) < 4.78 is 0. The Morgan fingerprint density at radius 2 is 1.60 bits per heavy atom. The molecule has 0 aliphatic carbocycles. The molecule has 0 radical (unpaired) electrons. The average molecular weight is 291 g/mol. The van der Waals surface area contributed by atoms with Crippen LogP contribution in [0.5, 0.6) is 0 Å². The first-order chi connectivity index (χ1) is 9.05. The number of hydrogen-bond acceptors (Lipinski definition) is 2. The van der Waals surface area contributed by atoms with E-state index >= 15 is 0 Å². The minimum Gasteiger partial charge on any atom is -1.00 e. The number of carboxylic acid groups (broad SMARTS) is 2. The molecule has 0 aliphatic rings. The SMILES string of the molecule is CCCCCCC(C(=O)O)(C(=O)O)c1ccccc1.[H-].[H-].[Mg+2]. The molecule has 0 spiro atoms. The number of hydrogen-bond donors (Lipinski definition) is 2. The second-order valence-electron chi connectivity index (χ2n) is 4.69. The average Bonchev–Trinajstić information content (AvgIpc) is 2.39. The number of benzene rings is 1. The standard InChI is InChI=1S/C15H20O4.Mg.2H/c1-2-3-4-8-11-15(13(16)17,14(18)19)12-9-6-5-7-10-12;;;/h5-7,9-10H,2-4,8,11H2,1H3,(H,16,17)(H,18,19);;;/q;+2;2*-1. The van der Waals surface area contributed by atoms with Gasteiger partial charge in [0.15, 0.2) is 5.41 Å². The van der Waals surface area contributed by atoms with Crippen LogP contribution in [0.25, 0.3) is 0 Å². The summed E-state index contributed by atoms with van der Waals surface area (Å²) >= 11 is 0. The summed E-state index contributed by atoms with van der Waals surface area (Å²) in [7, 11) is 0. The summed E-state index contributed by atoms with van der Waals surface area (Å²) in [5, 5.41) is 18.8. The van der Waals surface area contributed by atoms with Gasteiger partial charge < -0.3 is 13.1 Å². The Bertz CT molecular complexity index is 426. The fourth-order valence-corrected chi connectivity index (χ4v) is 2.24. The van der Waals surface area contributed by atoms with Crippen molar-refractivity contribution in [2.45, 2.75) is 44.4 Å². The first kappa shape index (κ1) is 18.9. The third kappa shape index (κ3) is 4.21. The Morgan fingerprint density at radius 1 is 1.05 bits per heavy atom. The van der Waals surface area contributed by atoms with Gasteiger partial charge in [-0.2, -0.15) is 0 Å². The zero-order valence-electron chi connectivity index (χ0n) is 13.8. The summed E-state index contributed by atoms with van der Waals surface area (Å²) in [5.41, 5.74) is -1.49. The van der Waals surface area contributed by atoms with E-state index in [0.717, 1.165) is 19.3 Å². The Labute approximate surface area is 138 Å². The molecule has 1 rings (SSSR count). The maximum absolute atomic E-state index is 11.5. The molecule has 20 heavy (non-hydrogen) atoms. The summed E-state index contributed by atoms with van der Waals surface area (Å²) in [6.45, 7) is 2.05. The van der Waals surface area contributed by atoms with Crippen LogP contribution in [-0.4, -0.2) is 45.2 Å². The molecule has 1 aromatic rings. The fraction of sp³-hybridized carbons (Fsp3) is 0.467. The maximum Gasteiger partial charge on any atom is 2.00 e. The van der Waals surface area contributed by atoms with Gasteiger partial charge in [-0.3, -0.25) is 9.59 Å². The largest absolute Gasteiger partial charge is 2.00 e. The van der Waals surface area contributed by atoms with Crippen LogP contribution in [0.2, 0.25) is 0 Å². The Balaban J connectivity index is -0.00000120. The number of unbranched alkanes of at least 4 members (excludes halogenated alkanes) is 3. The van der Waals surface area contributed by atoms with Crippen molar-refractivity contribution in [3.05, 3.63) is 35.9 Å². The quantitative estimate of drug-likeness (QED) is 0.438. The van der Waals surface area contributed by atoms with E-state index in [1.807, 2.05) is 0 Å². The zero-order valence-corrected chi connectivity index (χ0v) is 13.3. The molecule has 0 atom stereocenters. The molecule has 0 heterocycles. The molecule has 4 nitrogen and oxygen atoms in total. The van der Waals surface area contributed by atoms with Gasteiger partial charge in [0.1, 0.15) is 0 Å². The van der Waals surface area contributed by atoms with E-state index in [-0.39, 0.29) is 32.3 Å². The molecule has 0 unspecified atom stereocenters. The van der Waals surface area contributed by atoms with Crippen molar-refractivity contribution in [2.75, 3.05) is 0 Å². The zero-order chi connectivity index (χ0) is 14.3. The third-order valence-electron chi connectivity index (χ3n) is 3.40. The first-order valence-electron chi connectivity index (χ1n) is 6.58. The summed E-state index contributed by atoms with van der Waals surface area (Å²) in [5.74, 6) is -2.58. The van der Waals surface area contributed by atoms with Crippen molar-refractivity contribution >= 4 is 35.0 Å².